The number of aromatic nitrogens is 3. The molecule has 0 atom stereocenters. The average molecular weight is 248 g/mol. The van der Waals surface area contributed by atoms with Crippen LogP contribution in [-0.2, 0) is 6.42 Å². The number of nitrogens with zero attached hydrogens (tertiary/aromatic N) is 3. The van der Waals surface area contributed by atoms with Gasteiger partial charge in [-0.2, -0.15) is 0 Å². The summed E-state index contributed by atoms with van der Waals surface area (Å²) < 4.78 is 7.32. The van der Waals surface area contributed by atoms with Crippen molar-refractivity contribution in [2.45, 2.75) is 13.3 Å². The molecule has 5 heteroatoms. The molecule has 0 saturated heterocycles. The fourth-order valence-electron chi connectivity index (χ4n) is 1.85. The summed E-state index contributed by atoms with van der Waals surface area (Å²) in [4.78, 5) is 8.85. The smallest absolute Gasteiger partial charge is 0.208 e. The summed E-state index contributed by atoms with van der Waals surface area (Å²) in [5.41, 5.74) is 1.65. The number of pyridine rings is 1. The van der Waals surface area contributed by atoms with Gasteiger partial charge in [0.05, 0.1) is 0 Å². The van der Waals surface area contributed by atoms with Gasteiger partial charge in [0, 0.05) is 18.7 Å². The van der Waals surface area contributed by atoms with Gasteiger partial charge < -0.3 is 4.42 Å². The Morgan fingerprint density at radius 1 is 1.35 bits per heavy atom. The van der Waals surface area contributed by atoms with E-state index in [-0.39, 0.29) is 0 Å². The van der Waals surface area contributed by atoms with Crippen LogP contribution >= 0.6 is 11.6 Å². The number of hydrogen-bond acceptors (Lipinski definition) is 3. The van der Waals surface area contributed by atoms with Crippen molar-refractivity contribution < 1.29 is 4.42 Å². The maximum Gasteiger partial charge on any atom is 0.208 e. The lowest BCUT2D eigenvalue weighted by molar-refractivity contribution is 0.538. The summed E-state index contributed by atoms with van der Waals surface area (Å²) in [6.07, 6.45) is 2.54. The quantitative estimate of drug-likeness (QED) is 0.698. The molecular formula is C12H10ClN3O. The fourth-order valence-corrected chi connectivity index (χ4v) is 2.00. The molecular weight excluding hydrogens is 238 g/mol. The summed E-state index contributed by atoms with van der Waals surface area (Å²) in [5, 5.41) is 0.361. The van der Waals surface area contributed by atoms with Gasteiger partial charge in [-0.3, -0.25) is 0 Å². The van der Waals surface area contributed by atoms with Gasteiger partial charge in [-0.15, -0.1) is 0 Å². The SMILES string of the molecule is CCc1nc2cccnc2n1-c1ccc(Cl)o1. The third kappa shape index (κ3) is 1.61. The molecule has 3 rings (SSSR count). The largest absolute Gasteiger partial charge is 0.428 e. The Balaban J connectivity index is 2.33. The van der Waals surface area contributed by atoms with E-state index >= 15 is 0 Å². The first-order valence-corrected chi connectivity index (χ1v) is 5.75. The van der Waals surface area contributed by atoms with E-state index in [1.54, 1.807) is 12.3 Å². The fraction of sp³-hybridized carbons (Fsp3) is 0.167. The molecule has 3 heterocycles. The van der Waals surface area contributed by atoms with Gasteiger partial charge in [0.25, 0.3) is 0 Å². The molecule has 3 aromatic heterocycles. The van der Waals surface area contributed by atoms with Gasteiger partial charge in [-0.05, 0) is 29.8 Å². The zero-order valence-corrected chi connectivity index (χ0v) is 9.98. The van der Waals surface area contributed by atoms with Gasteiger partial charge in [-0.1, -0.05) is 6.92 Å². The van der Waals surface area contributed by atoms with Crippen molar-refractivity contribution in [1.29, 1.82) is 0 Å². The van der Waals surface area contributed by atoms with Gasteiger partial charge in [0.1, 0.15) is 11.3 Å². The van der Waals surface area contributed by atoms with Crippen molar-refractivity contribution in [3.05, 3.63) is 41.5 Å². The second-order valence-corrected chi connectivity index (χ2v) is 4.01. The highest BCUT2D eigenvalue weighted by molar-refractivity contribution is 6.28. The van der Waals surface area contributed by atoms with E-state index in [0.29, 0.717) is 11.1 Å². The molecule has 0 aliphatic carbocycles. The van der Waals surface area contributed by atoms with E-state index in [0.717, 1.165) is 23.4 Å². The predicted octanol–water partition coefficient (Wildman–Crippen LogP) is 3.23. The molecule has 0 unspecified atom stereocenters. The van der Waals surface area contributed by atoms with Crippen molar-refractivity contribution in [1.82, 2.24) is 14.5 Å². The summed E-state index contributed by atoms with van der Waals surface area (Å²) in [5.74, 6) is 1.55. The molecule has 3 aromatic rings. The lowest BCUT2D eigenvalue weighted by atomic mass is 10.4. The predicted molar refractivity (Wildman–Crippen MR) is 65.5 cm³/mol. The van der Waals surface area contributed by atoms with Crippen LogP contribution in [0.5, 0.6) is 0 Å². The second kappa shape index (κ2) is 3.89. The Bertz CT molecular complexity index is 671. The first-order valence-electron chi connectivity index (χ1n) is 5.37. The first kappa shape index (κ1) is 10.4. The zero-order valence-electron chi connectivity index (χ0n) is 9.22. The Kier molecular flexibility index (Phi) is 2.37. The Morgan fingerprint density at radius 3 is 2.94 bits per heavy atom. The van der Waals surface area contributed by atoms with Crippen LogP contribution in [0.1, 0.15) is 12.7 Å². The van der Waals surface area contributed by atoms with Crippen molar-refractivity contribution in [3.63, 3.8) is 0 Å². The maximum absolute atomic E-state index is 5.80. The molecule has 0 bridgehead atoms. The van der Waals surface area contributed by atoms with Crippen LogP contribution in [-0.4, -0.2) is 14.5 Å². The van der Waals surface area contributed by atoms with E-state index in [2.05, 4.69) is 9.97 Å². The van der Waals surface area contributed by atoms with Crippen LogP contribution in [0.4, 0.5) is 0 Å². The number of halogens is 1. The highest BCUT2D eigenvalue weighted by Gasteiger charge is 2.14. The molecule has 0 aliphatic rings. The maximum atomic E-state index is 5.80. The zero-order chi connectivity index (χ0) is 11.8. The van der Waals surface area contributed by atoms with E-state index in [1.165, 1.54) is 0 Å². The summed E-state index contributed by atoms with van der Waals surface area (Å²) in [6.45, 7) is 2.04. The average Bonchev–Trinajstić information content (AvgIpc) is 2.91. The number of imidazole rings is 1. The van der Waals surface area contributed by atoms with Crippen LogP contribution in [0.2, 0.25) is 5.22 Å². The van der Waals surface area contributed by atoms with E-state index in [1.807, 2.05) is 29.7 Å². The molecule has 0 aromatic carbocycles. The molecule has 0 radical (unpaired) electrons. The van der Waals surface area contributed by atoms with Crippen molar-refractivity contribution in [2.24, 2.45) is 0 Å². The highest BCUT2D eigenvalue weighted by Crippen LogP contribution is 2.23. The minimum Gasteiger partial charge on any atom is -0.428 e. The molecule has 0 saturated carbocycles. The van der Waals surface area contributed by atoms with E-state index < -0.39 is 0 Å². The number of hydrogen-bond donors (Lipinski definition) is 0. The number of rotatable bonds is 2. The number of aryl methyl sites for hydroxylation is 1. The molecule has 4 nitrogen and oxygen atoms in total. The molecule has 0 aliphatic heterocycles. The summed E-state index contributed by atoms with van der Waals surface area (Å²) in [7, 11) is 0. The lowest BCUT2D eigenvalue weighted by Gasteiger charge is -2.02. The Hall–Kier alpha value is -1.81. The molecule has 17 heavy (non-hydrogen) atoms. The topological polar surface area (TPSA) is 43.9 Å². The van der Waals surface area contributed by atoms with Gasteiger partial charge in [0.15, 0.2) is 10.9 Å². The molecule has 86 valence electrons. The normalized spacial score (nSPS) is 11.2. The van der Waals surface area contributed by atoms with Crippen molar-refractivity contribution in [3.8, 4) is 5.88 Å². The first-order chi connectivity index (χ1) is 8.29. The monoisotopic (exact) mass is 247 g/mol. The Morgan fingerprint density at radius 2 is 2.24 bits per heavy atom. The van der Waals surface area contributed by atoms with Crippen LogP contribution in [0.25, 0.3) is 17.0 Å². The lowest BCUT2D eigenvalue weighted by Crippen LogP contribution is -1.99. The number of fused-ring (bicyclic) bond motifs is 1. The molecule has 0 amide bonds. The van der Waals surface area contributed by atoms with E-state index in [9.17, 15) is 0 Å². The van der Waals surface area contributed by atoms with Gasteiger partial charge in [0.2, 0.25) is 5.88 Å². The molecule has 0 fully saturated rings. The minimum atomic E-state index is 0.361. The minimum absolute atomic E-state index is 0.361. The van der Waals surface area contributed by atoms with Gasteiger partial charge >= 0.3 is 0 Å². The van der Waals surface area contributed by atoms with Crippen molar-refractivity contribution in [2.75, 3.05) is 0 Å². The Labute approximate surface area is 103 Å². The third-order valence-electron chi connectivity index (χ3n) is 2.58. The van der Waals surface area contributed by atoms with Crippen LogP contribution in [0.15, 0.2) is 34.9 Å². The van der Waals surface area contributed by atoms with E-state index in [4.69, 9.17) is 16.0 Å². The van der Waals surface area contributed by atoms with Crippen molar-refractivity contribution >= 4 is 22.8 Å². The summed E-state index contributed by atoms with van der Waals surface area (Å²) >= 11 is 5.80. The standard InChI is InChI=1S/C12H10ClN3O/c1-2-10-15-8-4-3-7-14-12(8)16(10)11-6-5-9(13)17-11/h3-7H,2H2,1H3. The molecule has 0 N–H and O–H groups in total. The molecule has 0 spiro atoms. The van der Waals surface area contributed by atoms with Crippen LogP contribution in [0.3, 0.4) is 0 Å². The summed E-state index contributed by atoms with van der Waals surface area (Å²) in [6, 6.07) is 7.33. The van der Waals surface area contributed by atoms with Gasteiger partial charge in [-0.25, -0.2) is 14.5 Å². The van der Waals surface area contributed by atoms with Crippen LogP contribution < -0.4 is 0 Å². The van der Waals surface area contributed by atoms with Crippen LogP contribution in [0, 0.1) is 0 Å². The third-order valence-corrected chi connectivity index (χ3v) is 2.78. The second-order valence-electron chi connectivity index (χ2n) is 3.64. The number of furan rings is 1. The highest BCUT2D eigenvalue weighted by atomic mass is 35.5.